The Hall–Kier alpha value is -3.92. The molecule has 4 aromatic rings. The number of likely N-dealkylation sites (tertiary alicyclic amines) is 1. The van der Waals surface area contributed by atoms with Crippen LogP contribution in [0, 0.1) is 6.92 Å². The molecule has 0 aromatic carbocycles. The second-order valence-electron chi connectivity index (χ2n) is 10.0. The van der Waals surface area contributed by atoms with E-state index in [0.717, 1.165) is 16.6 Å². The van der Waals surface area contributed by atoms with Crippen LogP contribution >= 0.6 is 0 Å². The van der Waals surface area contributed by atoms with E-state index in [9.17, 15) is 9.90 Å². The molecule has 186 valence electrons. The van der Waals surface area contributed by atoms with Crippen LogP contribution in [0.25, 0.3) is 28.1 Å². The zero-order valence-corrected chi connectivity index (χ0v) is 20.8. The lowest BCUT2D eigenvalue weighted by molar-refractivity contribution is 0.00366. The maximum absolute atomic E-state index is 12.6. The number of hydrogen-bond acceptors (Lipinski definition) is 8. The Kier molecular flexibility index (Phi) is 6.13. The van der Waals surface area contributed by atoms with Gasteiger partial charge in [0.2, 0.25) is 0 Å². The van der Waals surface area contributed by atoms with E-state index in [1.165, 1.54) is 0 Å². The molecule has 1 amide bonds. The smallest absolute Gasteiger partial charge is 0.410 e. The molecule has 0 bridgehead atoms. The summed E-state index contributed by atoms with van der Waals surface area (Å²) in [6.45, 7) is 8.17. The maximum atomic E-state index is 12.6. The van der Waals surface area contributed by atoms with Gasteiger partial charge in [0.1, 0.15) is 11.3 Å². The van der Waals surface area contributed by atoms with Crippen LogP contribution in [0.1, 0.15) is 44.5 Å². The molecule has 10 nitrogen and oxygen atoms in total. The van der Waals surface area contributed by atoms with Crippen LogP contribution in [-0.2, 0) is 4.74 Å². The molecule has 1 aliphatic rings. The van der Waals surface area contributed by atoms with E-state index < -0.39 is 11.7 Å². The van der Waals surface area contributed by atoms with Gasteiger partial charge in [0.15, 0.2) is 5.82 Å². The van der Waals surface area contributed by atoms with Crippen LogP contribution in [0.2, 0.25) is 0 Å². The minimum absolute atomic E-state index is 0.326. The van der Waals surface area contributed by atoms with Crippen molar-refractivity contribution < 1.29 is 14.6 Å². The van der Waals surface area contributed by atoms with E-state index in [1.54, 1.807) is 34.4 Å². The summed E-state index contributed by atoms with van der Waals surface area (Å²) in [5.41, 5.74) is 3.11. The Morgan fingerprint density at radius 1 is 1.11 bits per heavy atom. The molecule has 1 N–H and O–H groups in total. The molecule has 4 aromatic heterocycles. The Balaban J connectivity index is 1.46. The van der Waals surface area contributed by atoms with Crippen LogP contribution in [-0.4, -0.2) is 70.6 Å². The number of rotatable bonds is 3. The number of aliphatic hydroxyl groups is 1. The number of carbonyl (C=O) groups is 1. The van der Waals surface area contributed by atoms with Crippen molar-refractivity contribution in [2.24, 2.45) is 0 Å². The lowest BCUT2D eigenvalue weighted by Gasteiger charge is -2.36. The first kappa shape index (κ1) is 23.8. The molecule has 5 heterocycles. The zero-order valence-electron chi connectivity index (χ0n) is 20.8. The lowest BCUT2D eigenvalue weighted by atomic mass is 9.91. The van der Waals surface area contributed by atoms with Gasteiger partial charge in [0.25, 0.3) is 0 Å². The summed E-state index contributed by atoms with van der Waals surface area (Å²) in [5.74, 6) is 0.268. The van der Waals surface area contributed by atoms with Gasteiger partial charge in [-0.2, -0.15) is 5.10 Å². The monoisotopic (exact) mass is 487 g/mol. The Morgan fingerprint density at radius 3 is 2.72 bits per heavy atom. The molecule has 0 saturated carbocycles. The fourth-order valence-corrected chi connectivity index (χ4v) is 4.32. The summed E-state index contributed by atoms with van der Waals surface area (Å²) < 4.78 is 7.28. The van der Waals surface area contributed by atoms with Crippen molar-refractivity contribution in [1.82, 2.24) is 34.6 Å². The molecule has 10 heteroatoms. The van der Waals surface area contributed by atoms with Gasteiger partial charge in [0, 0.05) is 36.8 Å². The number of amides is 1. The quantitative estimate of drug-likeness (QED) is 0.465. The number of piperidine rings is 1. The predicted octanol–water partition coefficient (Wildman–Crippen LogP) is 3.67. The second-order valence-corrected chi connectivity index (χ2v) is 10.0. The van der Waals surface area contributed by atoms with Crippen molar-refractivity contribution in [3.63, 3.8) is 0 Å². The van der Waals surface area contributed by atoms with Gasteiger partial charge in [-0.25, -0.2) is 19.4 Å². The van der Waals surface area contributed by atoms with Crippen molar-refractivity contribution in [2.45, 2.75) is 51.7 Å². The number of aryl methyl sites for hydroxylation is 1. The fourth-order valence-electron chi connectivity index (χ4n) is 4.32. The Bertz CT molecular complexity index is 1410. The van der Waals surface area contributed by atoms with Gasteiger partial charge in [-0.3, -0.25) is 9.97 Å². The molecular formula is C26H29N7O3. The molecule has 1 aliphatic heterocycles. The first-order valence-corrected chi connectivity index (χ1v) is 11.9. The average molecular weight is 488 g/mol. The molecule has 0 spiro atoms. The summed E-state index contributed by atoms with van der Waals surface area (Å²) in [6.07, 6.45) is 6.33. The topological polar surface area (TPSA) is 119 Å². The highest BCUT2D eigenvalue weighted by Gasteiger charge is 2.34. The molecular weight excluding hydrogens is 458 g/mol. The largest absolute Gasteiger partial charge is 0.444 e. The van der Waals surface area contributed by atoms with Crippen LogP contribution in [0.3, 0.4) is 0 Å². The van der Waals surface area contributed by atoms with Crippen LogP contribution in [0.15, 0.2) is 49.1 Å². The van der Waals surface area contributed by atoms with Crippen molar-refractivity contribution in [3.8, 4) is 17.2 Å². The van der Waals surface area contributed by atoms with E-state index in [4.69, 9.17) is 9.72 Å². The van der Waals surface area contributed by atoms with Crippen LogP contribution in [0.5, 0.6) is 0 Å². The van der Waals surface area contributed by atoms with Gasteiger partial charge in [-0.05, 0) is 52.3 Å². The van der Waals surface area contributed by atoms with E-state index in [0.29, 0.717) is 42.4 Å². The van der Waals surface area contributed by atoms with E-state index in [2.05, 4.69) is 20.1 Å². The summed E-state index contributed by atoms with van der Waals surface area (Å²) in [5, 5.41) is 16.2. The number of aliphatic hydroxyl groups excluding tert-OH is 1. The maximum Gasteiger partial charge on any atom is 0.410 e. The van der Waals surface area contributed by atoms with Crippen molar-refractivity contribution in [2.75, 3.05) is 13.1 Å². The SMILES string of the molecule is Cc1cncc(-c2cc3c(cn2)cnn3-c2cccc(C3CN(C(=O)OC(C)(C)C)CCC3O)n2)n1. The number of ether oxygens (including phenoxy) is 1. The summed E-state index contributed by atoms with van der Waals surface area (Å²) >= 11 is 0. The third-order valence-electron chi connectivity index (χ3n) is 6.05. The number of hydrogen-bond donors (Lipinski definition) is 1. The molecule has 1 fully saturated rings. The van der Waals surface area contributed by atoms with Crippen molar-refractivity contribution >= 4 is 17.0 Å². The first-order valence-electron chi connectivity index (χ1n) is 11.9. The minimum Gasteiger partial charge on any atom is -0.444 e. The van der Waals surface area contributed by atoms with Gasteiger partial charge in [0.05, 0.1) is 41.1 Å². The lowest BCUT2D eigenvalue weighted by Crippen LogP contribution is -2.46. The molecule has 36 heavy (non-hydrogen) atoms. The molecule has 0 radical (unpaired) electrons. The van der Waals surface area contributed by atoms with Crippen molar-refractivity contribution in [3.05, 3.63) is 60.4 Å². The van der Waals surface area contributed by atoms with E-state index >= 15 is 0 Å². The summed E-state index contributed by atoms with van der Waals surface area (Å²) in [6, 6.07) is 7.54. The van der Waals surface area contributed by atoms with Gasteiger partial charge < -0.3 is 14.7 Å². The van der Waals surface area contributed by atoms with Gasteiger partial charge >= 0.3 is 6.09 Å². The average Bonchev–Trinajstić information content (AvgIpc) is 3.27. The highest BCUT2D eigenvalue weighted by atomic mass is 16.6. The van der Waals surface area contributed by atoms with E-state index in [-0.39, 0.29) is 12.0 Å². The number of carbonyl (C=O) groups excluding carboxylic acids is 1. The summed E-state index contributed by atoms with van der Waals surface area (Å²) in [4.78, 5) is 32.4. The minimum atomic E-state index is -0.614. The summed E-state index contributed by atoms with van der Waals surface area (Å²) in [7, 11) is 0. The number of pyridine rings is 2. The predicted molar refractivity (Wildman–Crippen MR) is 134 cm³/mol. The van der Waals surface area contributed by atoms with Crippen LogP contribution in [0.4, 0.5) is 4.79 Å². The molecule has 2 unspecified atom stereocenters. The van der Waals surface area contributed by atoms with Gasteiger partial charge in [-0.15, -0.1) is 0 Å². The van der Waals surface area contributed by atoms with Gasteiger partial charge in [-0.1, -0.05) is 6.07 Å². The third-order valence-corrected chi connectivity index (χ3v) is 6.05. The Morgan fingerprint density at radius 2 is 1.94 bits per heavy atom. The molecule has 2 atom stereocenters. The number of aromatic nitrogens is 6. The highest BCUT2D eigenvalue weighted by Crippen LogP contribution is 2.29. The van der Waals surface area contributed by atoms with Crippen molar-refractivity contribution in [1.29, 1.82) is 0 Å². The number of fused-ring (bicyclic) bond motifs is 1. The molecule has 5 rings (SSSR count). The number of nitrogens with zero attached hydrogens (tertiary/aromatic N) is 7. The first-order chi connectivity index (χ1) is 17.2. The standard InChI is InChI=1S/C26H29N7O3/c1-16-11-27-14-21(30-16)20-10-22-17(12-28-20)13-29-33(22)24-7-5-6-19(31-24)18-15-32(9-8-23(18)34)25(35)36-26(2,3)4/h5-7,10-14,18,23,34H,8-9,15H2,1-4H3. The molecule has 1 saturated heterocycles. The second kappa shape index (κ2) is 9.27. The zero-order chi connectivity index (χ0) is 25.4. The normalized spacial score (nSPS) is 18.4. The fraction of sp³-hybridized carbons (Fsp3) is 0.385. The van der Waals surface area contributed by atoms with E-state index in [1.807, 2.05) is 52.0 Å². The highest BCUT2D eigenvalue weighted by molar-refractivity contribution is 5.82. The van der Waals surface area contributed by atoms with Crippen LogP contribution < -0.4 is 0 Å². The Labute approximate surface area is 209 Å². The third kappa shape index (κ3) is 4.90. The molecule has 0 aliphatic carbocycles.